The minimum Gasteiger partial charge on any atom is -0.241 e. The molecular formula is C128H116N6. The molecule has 0 unspecified atom stereocenters. The molecule has 134 heavy (non-hydrogen) atoms. The summed E-state index contributed by atoms with van der Waals surface area (Å²) in [6.45, 7) is 17.4. The van der Waals surface area contributed by atoms with Crippen molar-refractivity contribution < 1.29 is 0 Å². The average Bonchev–Trinajstić information content (AvgIpc) is 0.794. The molecule has 16 aromatic carbocycles. The lowest BCUT2D eigenvalue weighted by atomic mass is 9.91. The molecule has 19 aromatic rings. The van der Waals surface area contributed by atoms with Gasteiger partial charge in [0.25, 0.3) is 0 Å². The Labute approximate surface area is 793 Å². The third-order valence-corrected chi connectivity index (χ3v) is 25.5. The summed E-state index contributed by atoms with van der Waals surface area (Å²) < 4.78 is 0. The monoisotopic (exact) mass is 1740 g/mol. The van der Waals surface area contributed by atoms with Crippen molar-refractivity contribution in [2.75, 3.05) is 0 Å². The van der Waals surface area contributed by atoms with Gasteiger partial charge in [-0.1, -0.05) is 373 Å². The average molecular weight is 1740 g/mol. The van der Waals surface area contributed by atoms with Gasteiger partial charge in [-0.05, 0) is 313 Å². The number of unbranched alkanes of at least 4 members (excludes halogenated alkanes) is 8. The molecular weight excluding hydrogens is 1620 g/mol. The van der Waals surface area contributed by atoms with E-state index in [1.54, 1.807) is 0 Å². The molecule has 0 saturated heterocycles. The molecule has 0 N–H and O–H groups in total. The van der Waals surface area contributed by atoms with Crippen molar-refractivity contribution >= 4 is 0 Å². The molecule has 6 nitrogen and oxygen atoms in total. The van der Waals surface area contributed by atoms with Crippen LogP contribution in [0.4, 0.5) is 0 Å². The summed E-state index contributed by atoms with van der Waals surface area (Å²) in [6, 6.07) is 136. The molecule has 0 aliphatic rings. The first-order valence-electron chi connectivity index (χ1n) is 47.7. The smallest absolute Gasteiger partial charge is 0.159 e. The maximum absolute atomic E-state index is 4.86. The van der Waals surface area contributed by atoms with Crippen LogP contribution in [0.15, 0.2) is 413 Å². The Bertz CT molecular complexity index is 6850. The summed E-state index contributed by atoms with van der Waals surface area (Å²) in [5, 5.41) is 0. The summed E-state index contributed by atoms with van der Waals surface area (Å²) >= 11 is 0. The Morgan fingerprint density at radius 3 is 0.799 bits per heavy atom. The van der Waals surface area contributed by atoms with Crippen molar-refractivity contribution in [3.63, 3.8) is 0 Å². The number of aromatic nitrogens is 6. The number of nitrogens with zero attached hydrogens (tertiary/aromatic N) is 6. The first kappa shape index (κ1) is 90.7. The number of benzene rings is 16. The minimum atomic E-state index is 0.706. The molecule has 0 bridgehead atoms. The van der Waals surface area contributed by atoms with Crippen LogP contribution in [0, 0.1) is 41.5 Å². The maximum Gasteiger partial charge on any atom is 0.159 e. The van der Waals surface area contributed by atoms with E-state index in [9.17, 15) is 0 Å². The quantitative estimate of drug-likeness (QED) is 0.0455. The zero-order valence-electron chi connectivity index (χ0n) is 78.4. The highest BCUT2D eigenvalue weighted by Crippen LogP contribution is 2.42. The van der Waals surface area contributed by atoms with E-state index in [1.165, 1.54) is 197 Å². The van der Waals surface area contributed by atoms with E-state index < -0.39 is 0 Å². The summed E-state index contributed by atoms with van der Waals surface area (Å²) in [6.07, 6.45) is 26.5. The Morgan fingerprint density at radius 2 is 0.418 bits per heavy atom. The molecule has 0 fully saturated rings. The molecule has 0 radical (unpaired) electrons. The maximum atomic E-state index is 4.86. The van der Waals surface area contributed by atoms with Gasteiger partial charge < -0.3 is 0 Å². The van der Waals surface area contributed by atoms with Gasteiger partial charge in [0.2, 0.25) is 0 Å². The second kappa shape index (κ2) is 44.1. The van der Waals surface area contributed by atoms with Gasteiger partial charge in [0, 0.05) is 65.9 Å². The fourth-order valence-corrected chi connectivity index (χ4v) is 17.8. The number of aryl methyl sites for hydroxylation is 8. The minimum absolute atomic E-state index is 0.706. The first-order chi connectivity index (χ1) is 65.7. The van der Waals surface area contributed by atoms with Crippen LogP contribution in [0.25, 0.3) is 179 Å². The predicted octanol–water partition coefficient (Wildman–Crippen LogP) is 35.0. The van der Waals surface area contributed by atoms with Crippen LogP contribution in [0.2, 0.25) is 0 Å². The second-order valence-corrected chi connectivity index (χ2v) is 35.8. The van der Waals surface area contributed by atoms with Gasteiger partial charge in [0.05, 0.1) is 0 Å². The third kappa shape index (κ3) is 23.4. The SMILES string of the molecule is CCCCCCCCc1ncc(-c2cc(-c3cccc(-c4ccc(C)cc4)c3)cc(-c3cccc(-c4ccc(C)cc4)c3)c2)cn1.CCCCCCc1cnc(-c2cc(-c3cccc(-c4ccccc4C)c3)cc(-c3cccc(-c4ccccc4C)c3)c2)nc1.Cc1cccc(-c2cccc(-c3cc(-c4cccc(-c5cccc(C)c5)c4)cc(-c4ncc(-c5ccccc5)cn4)c3)c2)c1. The summed E-state index contributed by atoms with van der Waals surface area (Å²) in [5.41, 5.74) is 43.7. The van der Waals surface area contributed by atoms with E-state index >= 15 is 0 Å². The van der Waals surface area contributed by atoms with Gasteiger partial charge in [-0.15, -0.1) is 0 Å². The van der Waals surface area contributed by atoms with Crippen molar-refractivity contribution in [3.05, 3.63) is 458 Å². The Hall–Kier alpha value is -15.2. The molecule has 0 aliphatic heterocycles. The Morgan fingerprint density at radius 1 is 0.164 bits per heavy atom. The highest BCUT2D eigenvalue weighted by atomic mass is 14.9. The van der Waals surface area contributed by atoms with Crippen LogP contribution < -0.4 is 0 Å². The van der Waals surface area contributed by atoms with Crippen LogP contribution in [0.3, 0.4) is 0 Å². The van der Waals surface area contributed by atoms with Crippen molar-refractivity contribution in [1.29, 1.82) is 0 Å². The van der Waals surface area contributed by atoms with Crippen molar-refractivity contribution in [2.24, 2.45) is 0 Å². The van der Waals surface area contributed by atoms with Crippen LogP contribution in [0.1, 0.15) is 123 Å². The lowest BCUT2D eigenvalue weighted by Crippen LogP contribution is -1.96. The van der Waals surface area contributed by atoms with Crippen LogP contribution >= 0.6 is 0 Å². The number of hydrogen-bond acceptors (Lipinski definition) is 6. The molecule has 0 aliphatic carbocycles. The molecule has 0 saturated carbocycles. The first-order valence-corrected chi connectivity index (χ1v) is 47.7. The zero-order chi connectivity index (χ0) is 91.9. The Kier molecular flexibility index (Phi) is 29.9. The second-order valence-electron chi connectivity index (χ2n) is 35.8. The predicted molar refractivity (Wildman–Crippen MR) is 566 cm³/mol. The number of hydrogen-bond donors (Lipinski definition) is 0. The van der Waals surface area contributed by atoms with Gasteiger partial charge in [0.1, 0.15) is 5.82 Å². The summed E-state index contributed by atoms with van der Waals surface area (Å²) in [4.78, 5) is 29.0. The van der Waals surface area contributed by atoms with E-state index in [0.29, 0.717) is 5.82 Å². The molecule has 0 amide bonds. The molecule has 3 aromatic heterocycles. The van der Waals surface area contributed by atoms with E-state index in [0.717, 1.165) is 97.7 Å². The van der Waals surface area contributed by atoms with E-state index in [4.69, 9.17) is 29.9 Å². The molecule has 3 heterocycles. The summed E-state index contributed by atoms with van der Waals surface area (Å²) in [5.74, 6) is 2.40. The van der Waals surface area contributed by atoms with E-state index in [1.807, 2.05) is 55.4 Å². The van der Waals surface area contributed by atoms with Gasteiger partial charge in [-0.2, -0.15) is 0 Å². The van der Waals surface area contributed by atoms with Gasteiger partial charge in [0.15, 0.2) is 11.6 Å². The lowest BCUT2D eigenvalue weighted by Gasteiger charge is -2.13. The van der Waals surface area contributed by atoms with Gasteiger partial charge in [-0.3, -0.25) is 0 Å². The standard InChI is InChI=1S/C44H44N2.C42H32N2.C42H40N2/c1-4-5-6-7-8-9-16-44-45-30-43(31-46-44)42-28-40(38-14-10-12-36(25-38)34-21-17-32(2)18-22-34)27-41(29-42)39-15-11-13-37(26-39)35-23-19-33(3)20-24-35;1-29-10-6-14-32(20-29)34-16-8-18-36(22-34)38-24-39(37-19-9-17-35(23-37)33-15-7-11-30(2)21-33)26-40(25-38)42-43-27-41(28-44-42)31-12-4-3-5-13-31;1-4-5-6-7-16-32-28-43-42(44-29-32)39-26-37(33-17-12-19-35(23-33)40-21-10-8-14-30(40)2)25-38(27-39)34-18-13-20-36(24-34)41-22-11-9-15-31(41)3/h10-15,17-31H,4-9,16H2,1-3H3;3-28H,1-2H3;8-15,17-29H,4-7,16H2,1-3H3. The topological polar surface area (TPSA) is 77.3 Å². The van der Waals surface area contributed by atoms with Gasteiger partial charge in [-0.25, -0.2) is 29.9 Å². The van der Waals surface area contributed by atoms with Crippen molar-refractivity contribution in [1.82, 2.24) is 29.9 Å². The molecule has 19 rings (SSSR count). The van der Waals surface area contributed by atoms with Crippen molar-refractivity contribution in [3.8, 4) is 179 Å². The van der Waals surface area contributed by atoms with Crippen molar-refractivity contribution in [2.45, 2.75) is 132 Å². The normalized spacial score (nSPS) is 11.0. The molecule has 0 atom stereocenters. The van der Waals surface area contributed by atoms with Crippen LogP contribution in [0.5, 0.6) is 0 Å². The molecule has 658 valence electrons. The lowest BCUT2D eigenvalue weighted by molar-refractivity contribution is 0.601. The molecule has 0 spiro atoms. The van der Waals surface area contributed by atoms with Crippen LogP contribution in [-0.2, 0) is 12.8 Å². The molecule has 6 heteroatoms. The third-order valence-electron chi connectivity index (χ3n) is 25.5. The fourth-order valence-electron chi connectivity index (χ4n) is 17.8. The summed E-state index contributed by atoms with van der Waals surface area (Å²) in [7, 11) is 0. The van der Waals surface area contributed by atoms with E-state index in [2.05, 4.69) is 413 Å². The van der Waals surface area contributed by atoms with Crippen LogP contribution in [-0.4, -0.2) is 29.9 Å². The fraction of sp³-hybridized carbons (Fsp3) is 0.156. The van der Waals surface area contributed by atoms with E-state index in [-0.39, 0.29) is 0 Å². The van der Waals surface area contributed by atoms with Gasteiger partial charge >= 0.3 is 0 Å². The zero-order valence-corrected chi connectivity index (χ0v) is 78.4. The highest BCUT2D eigenvalue weighted by Gasteiger charge is 2.18. The highest BCUT2D eigenvalue weighted by molar-refractivity contribution is 5.88. The Balaban J connectivity index is 0.000000140. The largest absolute Gasteiger partial charge is 0.241 e. The number of rotatable bonds is 28.